The minimum atomic E-state index is -0.274. The molecule has 0 saturated heterocycles. The summed E-state index contributed by atoms with van der Waals surface area (Å²) >= 11 is 0. The van der Waals surface area contributed by atoms with Gasteiger partial charge in [-0.25, -0.2) is 4.98 Å². The minimum Gasteiger partial charge on any atom is -0.497 e. The van der Waals surface area contributed by atoms with Gasteiger partial charge in [-0.1, -0.05) is 12.1 Å². The second-order valence-corrected chi connectivity index (χ2v) is 7.39. The van der Waals surface area contributed by atoms with Gasteiger partial charge in [0, 0.05) is 23.8 Å². The Kier molecular flexibility index (Phi) is 6.44. The van der Waals surface area contributed by atoms with Crippen LogP contribution >= 0.6 is 0 Å². The number of nitrogens with one attached hydrogen (secondary N) is 1. The Labute approximate surface area is 186 Å². The van der Waals surface area contributed by atoms with E-state index in [0.717, 1.165) is 16.7 Å². The fourth-order valence-corrected chi connectivity index (χ4v) is 3.46. The summed E-state index contributed by atoms with van der Waals surface area (Å²) in [6.07, 6.45) is 2.34. The highest BCUT2D eigenvalue weighted by molar-refractivity contribution is 5.84. The third kappa shape index (κ3) is 4.77. The first-order chi connectivity index (χ1) is 15.6. The average molecular weight is 434 g/mol. The number of ether oxygens (including phenoxy) is 2. The normalized spacial score (nSPS) is 12.0. The number of aromatic nitrogens is 1. The van der Waals surface area contributed by atoms with Crippen molar-refractivity contribution in [1.82, 2.24) is 10.3 Å². The maximum absolute atomic E-state index is 12.5. The number of amides is 1. The average Bonchev–Trinajstić information content (AvgIpc) is 3.46. The van der Waals surface area contributed by atoms with Crippen LogP contribution in [0, 0.1) is 0 Å². The summed E-state index contributed by atoms with van der Waals surface area (Å²) in [5.74, 6) is 3.22. The van der Waals surface area contributed by atoms with Gasteiger partial charge in [0.25, 0.3) is 0 Å². The molecule has 4 rings (SSSR count). The molecule has 2 heterocycles. The Hall–Kier alpha value is -3.74. The molecular weight excluding hydrogens is 408 g/mol. The Morgan fingerprint density at radius 2 is 1.97 bits per heavy atom. The van der Waals surface area contributed by atoms with Gasteiger partial charge in [-0.2, -0.15) is 0 Å². The maximum atomic E-state index is 12.5. The summed E-state index contributed by atoms with van der Waals surface area (Å²) in [5.41, 5.74) is 1.59. The highest BCUT2D eigenvalue weighted by atomic mass is 16.5. The second-order valence-electron chi connectivity index (χ2n) is 7.39. The van der Waals surface area contributed by atoms with Crippen LogP contribution in [0.5, 0.6) is 11.5 Å². The minimum absolute atomic E-state index is 0.104. The van der Waals surface area contributed by atoms with E-state index in [0.29, 0.717) is 41.8 Å². The van der Waals surface area contributed by atoms with E-state index >= 15 is 0 Å². The van der Waals surface area contributed by atoms with Crippen LogP contribution in [0.15, 0.2) is 63.6 Å². The van der Waals surface area contributed by atoms with Crippen LogP contribution < -0.4 is 14.8 Å². The zero-order valence-corrected chi connectivity index (χ0v) is 18.4. The lowest BCUT2D eigenvalue weighted by Gasteiger charge is -2.11. The Morgan fingerprint density at radius 1 is 1.16 bits per heavy atom. The summed E-state index contributed by atoms with van der Waals surface area (Å²) < 4.78 is 22.6. The molecule has 0 aliphatic rings. The highest BCUT2D eigenvalue weighted by Crippen LogP contribution is 2.31. The molecule has 7 nitrogen and oxygen atoms in total. The van der Waals surface area contributed by atoms with Gasteiger partial charge in [0.05, 0.1) is 26.0 Å². The van der Waals surface area contributed by atoms with E-state index in [1.54, 1.807) is 13.3 Å². The lowest BCUT2D eigenvalue weighted by atomic mass is 10.2. The predicted molar refractivity (Wildman–Crippen MR) is 121 cm³/mol. The first kappa shape index (κ1) is 21.5. The molecule has 166 valence electrons. The molecular formula is C25H26N2O5. The fraction of sp³-hybridized carbons (Fsp3) is 0.280. The molecule has 2 aromatic heterocycles. The van der Waals surface area contributed by atoms with E-state index in [1.165, 1.54) is 0 Å². The molecule has 1 unspecified atom stereocenters. The number of nitrogens with zero attached hydrogens (tertiary/aromatic N) is 1. The largest absolute Gasteiger partial charge is 0.497 e. The van der Waals surface area contributed by atoms with Crippen molar-refractivity contribution in [3.05, 3.63) is 66.4 Å². The van der Waals surface area contributed by atoms with Gasteiger partial charge < -0.3 is 23.6 Å². The van der Waals surface area contributed by atoms with E-state index in [1.807, 2.05) is 62.4 Å². The molecule has 4 aromatic rings. The van der Waals surface area contributed by atoms with Gasteiger partial charge in [-0.3, -0.25) is 4.79 Å². The predicted octanol–water partition coefficient (Wildman–Crippen LogP) is 5.31. The van der Waals surface area contributed by atoms with Gasteiger partial charge in [-0.05, 0) is 50.2 Å². The van der Waals surface area contributed by atoms with Crippen molar-refractivity contribution in [3.63, 3.8) is 0 Å². The standard InChI is InChI=1S/C25H26N2O5/c1-4-30-20-7-5-6-18-14-21(32-25(18)20)16(2)27-23(28)12-13-24-26-15-22(31-24)17-8-10-19(29-3)11-9-17/h5-11,14-16H,4,12-13H2,1-3H3,(H,27,28). The van der Waals surface area contributed by atoms with Crippen molar-refractivity contribution >= 4 is 16.9 Å². The molecule has 1 amide bonds. The zero-order chi connectivity index (χ0) is 22.5. The quantitative estimate of drug-likeness (QED) is 0.384. The Bertz CT molecular complexity index is 1190. The molecule has 2 aromatic carbocycles. The molecule has 1 N–H and O–H groups in total. The summed E-state index contributed by atoms with van der Waals surface area (Å²) in [5, 5.41) is 3.92. The molecule has 0 bridgehead atoms. The number of rotatable bonds is 9. The van der Waals surface area contributed by atoms with Crippen LogP contribution in [0.1, 0.15) is 38.0 Å². The summed E-state index contributed by atoms with van der Waals surface area (Å²) in [6, 6.07) is 14.9. The Balaban J connectivity index is 1.34. The lowest BCUT2D eigenvalue weighted by molar-refractivity contribution is -0.121. The van der Waals surface area contributed by atoms with E-state index in [4.69, 9.17) is 18.3 Å². The van der Waals surface area contributed by atoms with Crippen molar-refractivity contribution in [2.45, 2.75) is 32.7 Å². The van der Waals surface area contributed by atoms with Gasteiger partial charge in [0.1, 0.15) is 11.5 Å². The molecule has 7 heteroatoms. The smallest absolute Gasteiger partial charge is 0.221 e. The number of oxazole rings is 1. The molecule has 32 heavy (non-hydrogen) atoms. The number of aryl methyl sites for hydroxylation is 1. The molecule has 0 aliphatic carbocycles. The Morgan fingerprint density at radius 3 is 2.72 bits per heavy atom. The molecule has 0 saturated carbocycles. The molecule has 0 fully saturated rings. The topological polar surface area (TPSA) is 86.7 Å². The van der Waals surface area contributed by atoms with Crippen LogP contribution in [0.4, 0.5) is 0 Å². The van der Waals surface area contributed by atoms with Crippen molar-refractivity contribution in [2.24, 2.45) is 0 Å². The highest BCUT2D eigenvalue weighted by Gasteiger charge is 2.17. The van der Waals surface area contributed by atoms with Crippen molar-refractivity contribution in [2.75, 3.05) is 13.7 Å². The SMILES string of the molecule is CCOc1cccc2cc(C(C)NC(=O)CCc3ncc(-c4ccc(OC)cc4)o3)oc12. The number of carbonyl (C=O) groups excluding carboxylic acids is 1. The summed E-state index contributed by atoms with van der Waals surface area (Å²) in [7, 11) is 1.62. The van der Waals surface area contributed by atoms with Crippen molar-refractivity contribution in [1.29, 1.82) is 0 Å². The van der Waals surface area contributed by atoms with E-state index in [-0.39, 0.29) is 18.4 Å². The number of hydrogen-bond acceptors (Lipinski definition) is 6. The van der Waals surface area contributed by atoms with Gasteiger partial charge in [-0.15, -0.1) is 0 Å². The van der Waals surface area contributed by atoms with Crippen LogP contribution in [-0.2, 0) is 11.2 Å². The van der Waals surface area contributed by atoms with Gasteiger partial charge in [0.2, 0.25) is 5.91 Å². The van der Waals surface area contributed by atoms with Crippen LogP contribution in [0.2, 0.25) is 0 Å². The molecule has 1 atom stereocenters. The number of furan rings is 1. The number of fused-ring (bicyclic) bond motifs is 1. The summed E-state index contributed by atoms with van der Waals surface area (Å²) in [6.45, 7) is 4.38. The first-order valence-electron chi connectivity index (χ1n) is 10.6. The van der Waals surface area contributed by atoms with E-state index < -0.39 is 0 Å². The van der Waals surface area contributed by atoms with Gasteiger partial charge in [0.15, 0.2) is 23.0 Å². The molecule has 0 spiro atoms. The zero-order valence-electron chi connectivity index (χ0n) is 18.4. The van der Waals surface area contributed by atoms with Crippen LogP contribution in [0.3, 0.4) is 0 Å². The number of benzene rings is 2. The van der Waals surface area contributed by atoms with Gasteiger partial charge >= 0.3 is 0 Å². The molecule has 0 aliphatic heterocycles. The van der Waals surface area contributed by atoms with Crippen molar-refractivity contribution in [3.8, 4) is 22.8 Å². The number of methoxy groups -OCH3 is 1. The number of hydrogen-bond donors (Lipinski definition) is 1. The maximum Gasteiger partial charge on any atom is 0.221 e. The van der Waals surface area contributed by atoms with Crippen molar-refractivity contribution < 1.29 is 23.1 Å². The molecule has 0 radical (unpaired) electrons. The van der Waals surface area contributed by atoms with Crippen LogP contribution in [0.25, 0.3) is 22.3 Å². The fourth-order valence-electron chi connectivity index (χ4n) is 3.46. The monoisotopic (exact) mass is 434 g/mol. The third-order valence-corrected chi connectivity index (χ3v) is 5.13. The van der Waals surface area contributed by atoms with E-state index in [9.17, 15) is 4.79 Å². The summed E-state index contributed by atoms with van der Waals surface area (Å²) in [4.78, 5) is 16.8. The third-order valence-electron chi connectivity index (χ3n) is 5.13. The number of para-hydroxylation sites is 1. The second kappa shape index (κ2) is 9.60. The number of carbonyl (C=O) groups is 1. The first-order valence-corrected chi connectivity index (χ1v) is 10.6. The van der Waals surface area contributed by atoms with E-state index in [2.05, 4.69) is 10.3 Å². The van der Waals surface area contributed by atoms with Crippen LogP contribution in [-0.4, -0.2) is 24.6 Å². The lowest BCUT2D eigenvalue weighted by Crippen LogP contribution is -2.26.